The molecule has 0 spiro atoms. The summed E-state index contributed by atoms with van der Waals surface area (Å²) in [6.07, 6.45) is 5.04. The second-order valence-corrected chi connectivity index (χ2v) is 4.04. The Morgan fingerprint density at radius 2 is 2.06 bits per heavy atom. The minimum Gasteiger partial charge on any atom is -0.236 e. The van der Waals surface area contributed by atoms with E-state index in [4.69, 9.17) is 11.6 Å². The van der Waals surface area contributed by atoms with E-state index in [9.17, 15) is 0 Å². The van der Waals surface area contributed by atoms with Crippen LogP contribution in [0.4, 0.5) is 0 Å². The molecule has 0 atom stereocenters. The Morgan fingerprint density at radius 1 is 1.18 bits per heavy atom. The van der Waals surface area contributed by atoms with E-state index in [0.717, 1.165) is 22.6 Å². The Bertz CT molecular complexity index is 691. The van der Waals surface area contributed by atoms with Gasteiger partial charge in [-0.25, -0.2) is 19.5 Å². The SMILES string of the molecule is Cc1cc2ncc(-c3cc(Cl)ncn3)cn2n1. The lowest BCUT2D eigenvalue weighted by atomic mass is 10.2. The summed E-state index contributed by atoms with van der Waals surface area (Å²) in [5, 5.41) is 4.71. The molecule has 3 heterocycles. The van der Waals surface area contributed by atoms with Gasteiger partial charge in [0.1, 0.15) is 11.5 Å². The van der Waals surface area contributed by atoms with Crippen molar-refractivity contribution in [1.82, 2.24) is 24.6 Å². The van der Waals surface area contributed by atoms with E-state index in [1.165, 1.54) is 6.33 Å². The first-order valence-electron chi connectivity index (χ1n) is 5.02. The van der Waals surface area contributed by atoms with E-state index in [2.05, 4.69) is 20.1 Å². The van der Waals surface area contributed by atoms with Crippen molar-refractivity contribution in [3.05, 3.63) is 41.7 Å². The highest BCUT2D eigenvalue weighted by Crippen LogP contribution is 2.18. The van der Waals surface area contributed by atoms with Crippen LogP contribution in [0, 0.1) is 6.92 Å². The zero-order chi connectivity index (χ0) is 11.8. The zero-order valence-electron chi connectivity index (χ0n) is 9.00. The van der Waals surface area contributed by atoms with E-state index < -0.39 is 0 Å². The number of hydrogen-bond donors (Lipinski definition) is 0. The topological polar surface area (TPSA) is 56.0 Å². The lowest BCUT2D eigenvalue weighted by Gasteiger charge is -2.00. The lowest BCUT2D eigenvalue weighted by Crippen LogP contribution is -1.93. The first kappa shape index (κ1) is 10.2. The predicted molar refractivity (Wildman–Crippen MR) is 63.8 cm³/mol. The van der Waals surface area contributed by atoms with Gasteiger partial charge in [-0.15, -0.1) is 0 Å². The van der Waals surface area contributed by atoms with Crippen LogP contribution in [0.25, 0.3) is 16.9 Å². The molecule has 0 saturated heterocycles. The van der Waals surface area contributed by atoms with E-state index in [1.807, 2.05) is 19.2 Å². The average molecular weight is 246 g/mol. The third kappa shape index (κ3) is 1.85. The van der Waals surface area contributed by atoms with Gasteiger partial charge < -0.3 is 0 Å². The molecule has 84 valence electrons. The predicted octanol–water partition coefficient (Wildman–Crippen LogP) is 2.15. The highest BCUT2D eigenvalue weighted by molar-refractivity contribution is 6.29. The van der Waals surface area contributed by atoms with Crippen molar-refractivity contribution in [2.75, 3.05) is 0 Å². The van der Waals surface area contributed by atoms with Crippen LogP contribution in [0.15, 0.2) is 30.9 Å². The molecule has 0 bridgehead atoms. The van der Waals surface area contributed by atoms with Crippen molar-refractivity contribution in [2.45, 2.75) is 6.92 Å². The molecule has 3 aromatic heterocycles. The van der Waals surface area contributed by atoms with E-state index in [1.54, 1.807) is 16.8 Å². The van der Waals surface area contributed by atoms with Crippen molar-refractivity contribution < 1.29 is 0 Å². The molecule has 0 fully saturated rings. The highest BCUT2D eigenvalue weighted by Gasteiger charge is 2.04. The number of fused-ring (bicyclic) bond motifs is 1. The number of aryl methyl sites for hydroxylation is 1. The molecule has 17 heavy (non-hydrogen) atoms. The fourth-order valence-corrected chi connectivity index (χ4v) is 1.77. The smallest absolute Gasteiger partial charge is 0.155 e. The third-order valence-electron chi connectivity index (χ3n) is 2.36. The van der Waals surface area contributed by atoms with Crippen LogP contribution < -0.4 is 0 Å². The molecular weight excluding hydrogens is 238 g/mol. The van der Waals surface area contributed by atoms with Gasteiger partial charge in [0.15, 0.2) is 5.65 Å². The summed E-state index contributed by atoms with van der Waals surface area (Å²) >= 11 is 5.82. The summed E-state index contributed by atoms with van der Waals surface area (Å²) in [6, 6.07) is 3.61. The molecule has 3 aromatic rings. The maximum absolute atomic E-state index is 5.82. The van der Waals surface area contributed by atoms with Crippen LogP contribution in [-0.2, 0) is 0 Å². The summed E-state index contributed by atoms with van der Waals surface area (Å²) in [5.74, 6) is 0. The first-order valence-corrected chi connectivity index (χ1v) is 5.40. The Kier molecular flexibility index (Phi) is 2.26. The van der Waals surface area contributed by atoms with Gasteiger partial charge in [0.2, 0.25) is 0 Å². The molecule has 0 N–H and O–H groups in total. The Labute approximate surface area is 102 Å². The molecular formula is C11H8ClN5. The van der Waals surface area contributed by atoms with Gasteiger partial charge in [0.05, 0.1) is 11.4 Å². The first-order chi connectivity index (χ1) is 8.22. The highest BCUT2D eigenvalue weighted by atomic mass is 35.5. The molecule has 5 nitrogen and oxygen atoms in total. The van der Waals surface area contributed by atoms with E-state index >= 15 is 0 Å². The van der Waals surface area contributed by atoms with Gasteiger partial charge in [0, 0.05) is 30.1 Å². The minimum absolute atomic E-state index is 0.409. The lowest BCUT2D eigenvalue weighted by molar-refractivity contribution is 0.917. The molecule has 6 heteroatoms. The third-order valence-corrected chi connectivity index (χ3v) is 2.57. The molecule has 3 rings (SSSR count). The number of rotatable bonds is 1. The maximum atomic E-state index is 5.82. The summed E-state index contributed by atoms with van der Waals surface area (Å²) in [4.78, 5) is 12.3. The fourth-order valence-electron chi connectivity index (χ4n) is 1.62. The number of hydrogen-bond acceptors (Lipinski definition) is 4. The zero-order valence-corrected chi connectivity index (χ0v) is 9.76. The van der Waals surface area contributed by atoms with Crippen molar-refractivity contribution in [3.63, 3.8) is 0 Å². The van der Waals surface area contributed by atoms with Crippen LogP contribution in [-0.4, -0.2) is 24.6 Å². The Morgan fingerprint density at radius 3 is 2.88 bits per heavy atom. The molecule has 0 aliphatic rings. The molecule has 0 aliphatic heterocycles. The molecule has 0 radical (unpaired) electrons. The molecule has 0 saturated carbocycles. The normalized spacial score (nSPS) is 10.9. The minimum atomic E-state index is 0.409. The number of aromatic nitrogens is 5. The van der Waals surface area contributed by atoms with Gasteiger partial charge in [-0.05, 0) is 6.92 Å². The van der Waals surface area contributed by atoms with Gasteiger partial charge in [-0.2, -0.15) is 5.10 Å². The second kappa shape index (κ2) is 3.78. The Balaban J connectivity index is 2.17. The second-order valence-electron chi connectivity index (χ2n) is 3.66. The fraction of sp³-hybridized carbons (Fsp3) is 0.0909. The molecule has 0 aromatic carbocycles. The van der Waals surface area contributed by atoms with Gasteiger partial charge in [-0.3, -0.25) is 0 Å². The summed E-state index contributed by atoms with van der Waals surface area (Å²) in [5.41, 5.74) is 3.32. The van der Waals surface area contributed by atoms with Gasteiger partial charge in [0.25, 0.3) is 0 Å². The van der Waals surface area contributed by atoms with Gasteiger partial charge in [-0.1, -0.05) is 11.6 Å². The summed E-state index contributed by atoms with van der Waals surface area (Å²) in [7, 11) is 0. The maximum Gasteiger partial charge on any atom is 0.155 e. The quantitative estimate of drug-likeness (QED) is 0.617. The van der Waals surface area contributed by atoms with Crippen LogP contribution in [0.2, 0.25) is 5.15 Å². The number of nitrogens with zero attached hydrogens (tertiary/aromatic N) is 5. The summed E-state index contributed by atoms with van der Waals surface area (Å²) in [6.45, 7) is 1.93. The van der Waals surface area contributed by atoms with E-state index in [0.29, 0.717) is 5.15 Å². The van der Waals surface area contributed by atoms with Crippen LogP contribution in [0.3, 0.4) is 0 Å². The van der Waals surface area contributed by atoms with Crippen molar-refractivity contribution in [2.24, 2.45) is 0 Å². The van der Waals surface area contributed by atoms with E-state index in [-0.39, 0.29) is 0 Å². The summed E-state index contributed by atoms with van der Waals surface area (Å²) < 4.78 is 1.72. The van der Waals surface area contributed by atoms with Gasteiger partial charge >= 0.3 is 0 Å². The van der Waals surface area contributed by atoms with Crippen molar-refractivity contribution >= 4 is 17.2 Å². The molecule has 0 amide bonds. The molecule has 0 unspecified atom stereocenters. The van der Waals surface area contributed by atoms with Crippen molar-refractivity contribution in [1.29, 1.82) is 0 Å². The van der Waals surface area contributed by atoms with Crippen molar-refractivity contribution in [3.8, 4) is 11.3 Å². The Hall–Kier alpha value is -2.01. The largest absolute Gasteiger partial charge is 0.236 e. The van der Waals surface area contributed by atoms with Crippen LogP contribution in [0.5, 0.6) is 0 Å². The monoisotopic (exact) mass is 245 g/mol. The number of halogens is 1. The standard InChI is InChI=1S/C11H8ClN5/c1-7-2-11-13-4-8(5-17(11)16-7)9-3-10(12)15-6-14-9/h2-6H,1H3. The average Bonchev–Trinajstić information content (AvgIpc) is 2.68. The van der Waals surface area contributed by atoms with Crippen LogP contribution >= 0.6 is 11.6 Å². The van der Waals surface area contributed by atoms with Crippen LogP contribution in [0.1, 0.15) is 5.69 Å². The molecule has 0 aliphatic carbocycles.